The van der Waals surface area contributed by atoms with E-state index in [9.17, 15) is 14.4 Å². The van der Waals surface area contributed by atoms with Gasteiger partial charge in [-0.25, -0.2) is 0 Å². The summed E-state index contributed by atoms with van der Waals surface area (Å²) in [6.07, 6.45) is 0.683. The summed E-state index contributed by atoms with van der Waals surface area (Å²) in [5.41, 5.74) is 4.51. The largest absolute Gasteiger partial charge is 0.352 e. The van der Waals surface area contributed by atoms with Crippen LogP contribution in [-0.4, -0.2) is 29.2 Å². The Morgan fingerprint density at radius 3 is 2.23 bits per heavy atom. The van der Waals surface area contributed by atoms with Gasteiger partial charge in [0.1, 0.15) is 0 Å². The van der Waals surface area contributed by atoms with Crippen LogP contribution in [0.4, 0.5) is 0 Å². The van der Waals surface area contributed by atoms with E-state index < -0.39 is 0 Å². The molecule has 1 aliphatic heterocycles. The van der Waals surface area contributed by atoms with Gasteiger partial charge in [-0.1, -0.05) is 48.0 Å². The minimum absolute atomic E-state index is 0.0885. The van der Waals surface area contributed by atoms with Crippen molar-refractivity contribution in [1.29, 1.82) is 0 Å². The molecule has 0 unspecified atom stereocenters. The van der Waals surface area contributed by atoms with Crippen molar-refractivity contribution in [2.75, 3.05) is 6.54 Å². The molecule has 152 valence electrons. The Kier molecular flexibility index (Phi) is 5.36. The number of hydrogen-bond donors (Lipinski definition) is 1. The van der Waals surface area contributed by atoms with E-state index in [2.05, 4.69) is 11.4 Å². The second kappa shape index (κ2) is 8.11. The molecule has 0 bridgehead atoms. The van der Waals surface area contributed by atoms with E-state index in [-0.39, 0.29) is 30.7 Å². The molecule has 0 spiro atoms. The predicted molar refractivity (Wildman–Crippen MR) is 116 cm³/mol. The molecule has 1 heterocycles. The van der Waals surface area contributed by atoms with Crippen LogP contribution in [0.15, 0.2) is 54.6 Å². The Labute approximate surface area is 175 Å². The summed E-state index contributed by atoms with van der Waals surface area (Å²) < 4.78 is 0. The number of nitrogens with one attached hydrogen (secondary N) is 1. The lowest BCUT2D eigenvalue weighted by molar-refractivity contribution is -0.121. The summed E-state index contributed by atoms with van der Waals surface area (Å²) in [4.78, 5) is 39.2. The van der Waals surface area contributed by atoms with E-state index >= 15 is 0 Å². The maximum Gasteiger partial charge on any atom is 0.261 e. The van der Waals surface area contributed by atoms with Gasteiger partial charge in [0.2, 0.25) is 5.91 Å². The summed E-state index contributed by atoms with van der Waals surface area (Å²) in [6, 6.07) is 17.1. The molecule has 30 heavy (non-hydrogen) atoms. The molecular formula is C25H24N2O3. The van der Waals surface area contributed by atoms with Crippen LogP contribution in [0.3, 0.4) is 0 Å². The van der Waals surface area contributed by atoms with E-state index in [0.29, 0.717) is 24.1 Å². The van der Waals surface area contributed by atoms with Crippen LogP contribution >= 0.6 is 0 Å². The van der Waals surface area contributed by atoms with Gasteiger partial charge in [-0.15, -0.1) is 0 Å². The molecule has 0 saturated carbocycles. The van der Waals surface area contributed by atoms with E-state index in [4.69, 9.17) is 0 Å². The van der Waals surface area contributed by atoms with Crippen molar-refractivity contribution in [3.8, 4) is 0 Å². The van der Waals surface area contributed by atoms with Crippen LogP contribution in [-0.2, 0) is 11.3 Å². The average Bonchev–Trinajstić information content (AvgIpc) is 2.73. The fraction of sp³-hybridized carbons (Fsp3) is 0.240. The number of rotatable bonds is 6. The number of hydrogen-bond acceptors (Lipinski definition) is 3. The zero-order valence-electron chi connectivity index (χ0n) is 17.2. The third-order valence-corrected chi connectivity index (χ3v) is 5.62. The Balaban J connectivity index is 1.37. The SMILES string of the molecule is Cc1ccc(CNC(=O)CCCN2C(=O)c3cccc4cccc(c34)C2=O)c(C)c1. The topological polar surface area (TPSA) is 66.5 Å². The first-order chi connectivity index (χ1) is 14.5. The van der Waals surface area contributed by atoms with E-state index in [1.54, 1.807) is 12.1 Å². The monoisotopic (exact) mass is 400 g/mol. The summed E-state index contributed by atoms with van der Waals surface area (Å²) in [7, 11) is 0. The zero-order valence-corrected chi connectivity index (χ0v) is 17.2. The highest BCUT2D eigenvalue weighted by atomic mass is 16.2. The van der Waals surface area contributed by atoms with Gasteiger partial charge in [0.25, 0.3) is 11.8 Å². The van der Waals surface area contributed by atoms with Gasteiger partial charge in [0, 0.05) is 36.0 Å². The van der Waals surface area contributed by atoms with Crippen molar-refractivity contribution in [3.05, 3.63) is 82.4 Å². The fourth-order valence-corrected chi connectivity index (χ4v) is 4.01. The Hall–Kier alpha value is -3.47. The third-order valence-electron chi connectivity index (χ3n) is 5.62. The molecule has 1 aliphatic rings. The van der Waals surface area contributed by atoms with E-state index in [1.165, 1.54) is 10.5 Å². The maximum atomic E-state index is 12.9. The minimum Gasteiger partial charge on any atom is -0.352 e. The molecule has 0 atom stereocenters. The highest BCUT2D eigenvalue weighted by Gasteiger charge is 2.32. The number of benzene rings is 3. The summed E-state index contributed by atoms with van der Waals surface area (Å²) >= 11 is 0. The lowest BCUT2D eigenvalue weighted by Crippen LogP contribution is -2.41. The molecule has 0 fully saturated rings. The van der Waals surface area contributed by atoms with Crippen LogP contribution < -0.4 is 5.32 Å². The predicted octanol–water partition coefficient (Wildman–Crippen LogP) is 4.15. The number of carbonyl (C=O) groups excluding carboxylic acids is 3. The fourth-order valence-electron chi connectivity index (χ4n) is 4.01. The van der Waals surface area contributed by atoms with Crippen molar-refractivity contribution >= 4 is 28.5 Å². The van der Waals surface area contributed by atoms with Crippen molar-refractivity contribution in [1.82, 2.24) is 10.2 Å². The number of aryl methyl sites for hydroxylation is 2. The average molecular weight is 400 g/mol. The van der Waals surface area contributed by atoms with E-state index in [0.717, 1.165) is 21.9 Å². The number of imide groups is 1. The van der Waals surface area contributed by atoms with Gasteiger partial charge in [0.15, 0.2) is 0 Å². The standard InChI is InChI=1S/C25H24N2O3/c1-16-11-12-19(17(2)14-16)15-26-22(28)10-5-13-27-24(29)20-8-3-6-18-7-4-9-21(23(18)20)25(27)30/h3-4,6-9,11-12,14H,5,10,13,15H2,1-2H3,(H,26,28). The summed E-state index contributed by atoms with van der Waals surface area (Å²) in [5, 5.41) is 4.53. The second-order valence-corrected chi connectivity index (χ2v) is 7.78. The van der Waals surface area contributed by atoms with Crippen molar-refractivity contribution in [3.63, 3.8) is 0 Å². The minimum atomic E-state index is -0.292. The third kappa shape index (κ3) is 3.71. The van der Waals surface area contributed by atoms with Crippen LogP contribution in [0.5, 0.6) is 0 Å². The second-order valence-electron chi connectivity index (χ2n) is 7.78. The smallest absolute Gasteiger partial charge is 0.261 e. The Morgan fingerprint density at radius 2 is 1.60 bits per heavy atom. The molecule has 5 heteroatoms. The molecule has 4 rings (SSSR count). The molecular weight excluding hydrogens is 376 g/mol. The van der Waals surface area contributed by atoms with Crippen LogP contribution in [0.1, 0.15) is 50.2 Å². The maximum absolute atomic E-state index is 12.9. The van der Waals surface area contributed by atoms with Crippen molar-refractivity contribution in [2.24, 2.45) is 0 Å². The lowest BCUT2D eigenvalue weighted by Gasteiger charge is -2.27. The van der Waals surface area contributed by atoms with Crippen LogP contribution in [0, 0.1) is 13.8 Å². The van der Waals surface area contributed by atoms with Crippen molar-refractivity contribution in [2.45, 2.75) is 33.2 Å². The van der Waals surface area contributed by atoms with E-state index in [1.807, 2.05) is 50.2 Å². The molecule has 1 N–H and O–H groups in total. The zero-order chi connectivity index (χ0) is 21.3. The van der Waals surface area contributed by atoms with Gasteiger partial charge in [-0.3, -0.25) is 19.3 Å². The molecule has 5 nitrogen and oxygen atoms in total. The Bertz CT molecular complexity index is 1120. The molecule has 3 aromatic rings. The van der Waals surface area contributed by atoms with Gasteiger partial charge in [0.05, 0.1) is 0 Å². The first-order valence-electron chi connectivity index (χ1n) is 10.2. The first kappa shape index (κ1) is 19.8. The summed E-state index contributed by atoms with van der Waals surface area (Å²) in [6.45, 7) is 4.76. The summed E-state index contributed by atoms with van der Waals surface area (Å²) in [5.74, 6) is -0.672. The number of carbonyl (C=O) groups is 3. The van der Waals surface area contributed by atoms with Crippen LogP contribution in [0.2, 0.25) is 0 Å². The van der Waals surface area contributed by atoms with Crippen LogP contribution in [0.25, 0.3) is 10.8 Å². The highest BCUT2D eigenvalue weighted by molar-refractivity contribution is 6.25. The number of nitrogens with zero attached hydrogens (tertiary/aromatic N) is 1. The molecule has 3 amide bonds. The molecule has 0 aromatic heterocycles. The lowest BCUT2D eigenvalue weighted by atomic mass is 9.94. The molecule has 0 aliphatic carbocycles. The van der Waals surface area contributed by atoms with Gasteiger partial charge >= 0.3 is 0 Å². The highest BCUT2D eigenvalue weighted by Crippen LogP contribution is 2.30. The molecule has 0 saturated heterocycles. The van der Waals surface area contributed by atoms with Crippen molar-refractivity contribution < 1.29 is 14.4 Å². The first-order valence-corrected chi connectivity index (χ1v) is 10.2. The molecule has 0 radical (unpaired) electrons. The number of amides is 3. The quantitative estimate of drug-likeness (QED) is 0.632. The molecule has 3 aromatic carbocycles. The van der Waals surface area contributed by atoms with Gasteiger partial charge in [-0.05, 0) is 48.9 Å². The van der Waals surface area contributed by atoms with Gasteiger partial charge < -0.3 is 5.32 Å². The normalized spacial score (nSPS) is 13.1. The van der Waals surface area contributed by atoms with Gasteiger partial charge in [-0.2, -0.15) is 0 Å². The Morgan fingerprint density at radius 1 is 0.933 bits per heavy atom.